The van der Waals surface area contributed by atoms with Crippen LogP contribution in [0.5, 0.6) is 0 Å². The molecule has 2 aromatic carbocycles. The second-order valence-corrected chi connectivity index (χ2v) is 7.60. The molecule has 1 fully saturated rings. The third-order valence-electron chi connectivity index (χ3n) is 5.54. The number of rotatable bonds is 2. The van der Waals surface area contributed by atoms with E-state index in [-0.39, 0.29) is 11.8 Å². The molecule has 27 heavy (non-hydrogen) atoms. The number of carbonyl (C=O) groups excluding carboxylic acids is 2. The molecule has 0 saturated carbocycles. The Morgan fingerprint density at radius 2 is 1.78 bits per heavy atom. The van der Waals surface area contributed by atoms with Crippen molar-refractivity contribution in [3.8, 4) is 0 Å². The number of aryl methyl sites for hydroxylation is 3. The molecule has 0 bridgehead atoms. The molecule has 2 aromatic rings. The first-order chi connectivity index (χ1) is 13.0. The normalized spacial score (nSPS) is 23.3. The number of anilines is 2. The monoisotopic (exact) mass is 380 g/mol. The summed E-state index contributed by atoms with van der Waals surface area (Å²) in [6, 6.07) is 9.70. The highest BCUT2D eigenvalue weighted by Crippen LogP contribution is 2.37. The van der Waals surface area contributed by atoms with E-state index in [0.717, 1.165) is 24.8 Å². The number of halogens is 1. The van der Waals surface area contributed by atoms with Crippen molar-refractivity contribution in [3.05, 3.63) is 58.1 Å². The van der Waals surface area contributed by atoms with Gasteiger partial charge in [0.1, 0.15) is 0 Å². The van der Waals surface area contributed by atoms with Gasteiger partial charge >= 0.3 is 0 Å². The van der Waals surface area contributed by atoms with Crippen molar-refractivity contribution < 1.29 is 9.59 Å². The van der Waals surface area contributed by atoms with Crippen LogP contribution in [0, 0.1) is 6.92 Å². The van der Waals surface area contributed by atoms with E-state index in [1.807, 2.05) is 37.3 Å². The Labute approximate surface area is 161 Å². The van der Waals surface area contributed by atoms with Gasteiger partial charge in [0.25, 0.3) is 11.8 Å². The van der Waals surface area contributed by atoms with Crippen LogP contribution in [0.15, 0.2) is 46.7 Å². The van der Waals surface area contributed by atoms with Crippen molar-refractivity contribution in [1.29, 1.82) is 0 Å². The van der Waals surface area contributed by atoms with Crippen LogP contribution in [-0.2, 0) is 22.4 Å². The number of amides is 2. The van der Waals surface area contributed by atoms with E-state index in [2.05, 4.69) is 10.3 Å². The summed E-state index contributed by atoms with van der Waals surface area (Å²) in [5, 5.41) is 10.2. The van der Waals surface area contributed by atoms with E-state index >= 15 is 0 Å². The van der Waals surface area contributed by atoms with Crippen molar-refractivity contribution in [1.82, 2.24) is 0 Å². The van der Waals surface area contributed by atoms with Crippen LogP contribution in [0.25, 0.3) is 0 Å². The first-order valence-electron chi connectivity index (χ1n) is 9.00. The van der Waals surface area contributed by atoms with Gasteiger partial charge in [0.2, 0.25) is 0 Å². The molecule has 0 unspecified atom stereocenters. The third-order valence-corrected chi connectivity index (χ3v) is 5.95. The first kappa shape index (κ1) is 16.4. The quantitative estimate of drug-likeness (QED) is 0.747. The van der Waals surface area contributed by atoms with E-state index in [0.29, 0.717) is 16.4 Å². The van der Waals surface area contributed by atoms with Gasteiger partial charge in [0.05, 0.1) is 11.4 Å². The van der Waals surface area contributed by atoms with Crippen molar-refractivity contribution in [2.45, 2.75) is 38.3 Å². The highest BCUT2D eigenvalue weighted by atomic mass is 35.5. The van der Waals surface area contributed by atoms with Gasteiger partial charge in [-0.1, -0.05) is 29.0 Å². The van der Waals surface area contributed by atoms with Crippen molar-refractivity contribution in [2.24, 2.45) is 10.3 Å². The summed E-state index contributed by atoms with van der Waals surface area (Å²) < 4.78 is 0. The molecule has 2 aliphatic heterocycles. The van der Waals surface area contributed by atoms with Crippen LogP contribution in [0.1, 0.15) is 23.1 Å². The fourth-order valence-corrected chi connectivity index (χ4v) is 4.22. The SMILES string of the molecule is Cc1ccc(N2N=N[C@H]3C(=O)N(c4ccc5c(c4)CCC5)C(=O)[C@H]32)cc1Cl. The van der Waals surface area contributed by atoms with E-state index in [1.54, 1.807) is 6.07 Å². The Kier molecular flexibility index (Phi) is 3.59. The molecule has 1 saturated heterocycles. The highest BCUT2D eigenvalue weighted by Gasteiger charge is 2.55. The zero-order valence-electron chi connectivity index (χ0n) is 14.7. The molecule has 0 N–H and O–H groups in total. The zero-order chi connectivity index (χ0) is 18.7. The van der Waals surface area contributed by atoms with Crippen LogP contribution < -0.4 is 9.91 Å². The lowest BCUT2D eigenvalue weighted by Crippen LogP contribution is -2.40. The average molecular weight is 381 g/mol. The molecular formula is C20H17ClN4O2. The van der Waals surface area contributed by atoms with Crippen molar-refractivity contribution in [3.63, 3.8) is 0 Å². The Morgan fingerprint density at radius 3 is 2.59 bits per heavy atom. The second-order valence-electron chi connectivity index (χ2n) is 7.19. The maximum Gasteiger partial charge on any atom is 0.263 e. The van der Waals surface area contributed by atoms with Gasteiger partial charge in [0, 0.05) is 5.02 Å². The number of carbonyl (C=O) groups is 2. The Balaban J connectivity index is 1.50. The van der Waals surface area contributed by atoms with E-state index < -0.39 is 12.1 Å². The van der Waals surface area contributed by atoms with E-state index in [1.165, 1.54) is 21.0 Å². The second kappa shape index (κ2) is 5.89. The molecule has 6 nitrogen and oxygen atoms in total. The first-order valence-corrected chi connectivity index (χ1v) is 9.38. The van der Waals surface area contributed by atoms with Gasteiger partial charge in [-0.15, -0.1) is 0 Å². The predicted octanol–water partition coefficient (Wildman–Crippen LogP) is 3.63. The Bertz CT molecular complexity index is 1020. The number of fused-ring (bicyclic) bond motifs is 2. The molecule has 0 spiro atoms. The Hall–Kier alpha value is -2.73. The van der Waals surface area contributed by atoms with Crippen LogP contribution >= 0.6 is 11.6 Å². The lowest BCUT2D eigenvalue weighted by Gasteiger charge is -2.21. The van der Waals surface area contributed by atoms with E-state index in [4.69, 9.17) is 11.6 Å². The summed E-state index contributed by atoms with van der Waals surface area (Å²) >= 11 is 6.22. The summed E-state index contributed by atoms with van der Waals surface area (Å²) in [6.07, 6.45) is 3.15. The van der Waals surface area contributed by atoms with Gasteiger partial charge in [-0.05, 0) is 67.1 Å². The number of nitrogens with zero attached hydrogens (tertiary/aromatic N) is 4. The summed E-state index contributed by atoms with van der Waals surface area (Å²) in [5.74, 6) is -0.628. The highest BCUT2D eigenvalue weighted by molar-refractivity contribution is 6.31. The minimum atomic E-state index is -0.814. The molecule has 0 radical (unpaired) electrons. The zero-order valence-corrected chi connectivity index (χ0v) is 15.5. The lowest BCUT2D eigenvalue weighted by atomic mass is 10.1. The summed E-state index contributed by atoms with van der Waals surface area (Å²) in [6.45, 7) is 1.90. The minimum absolute atomic E-state index is 0.301. The smallest absolute Gasteiger partial charge is 0.263 e. The Morgan fingerprint density at radius 1 is 1.00 bits per heavy atom. The number of imide groups is 1. The molecule has 5 rings (SSSR count). The van der Waals surface area contributed by atoms with Gasteiger partial charge < -0.3 is 0 Å². The molecule has 1 aliphatic carbocycles. The molecule has 3 aliphatic rings. The van der Waals surface area contributed by atoms with Gasteiger partial charge in [-0.3, -0.25) is 9.59 Å². The molecular weight excluding hydrogens is 364 g/mol. The number of benzene rings is 2. The van der Waals surface area contributed by atoms with Crippen LogP contribution in [0.4, 0.5) is 11.4 Å². The number of hydrogen-bond acceptors (Lipinski definition) is 5. The van der Waals surface area contributed by atoms with Gasteiger partial charge in [-0.2, -0.15) is 5.11 Å². The van der Waals surface area contributed by atoms with Crippen molar-refractivity contribution in [2.75, 3.05) is 9.91 Å². The maximum atomic E-state index is 13.1. The number of hydrogen-bond donors (Lipinski definition) is 0. The van der Waals surface area contributed by atoms with Gasteiger partial charge in [-0.25, -0.2) is 9.91 Å². The van der Waals surface area contributed by atoms with Crippen LogP contribution in [0.3, 0.4) is 0 Å². The van der Waals surface area contributed by atoms with E-state index in [9.17, 15) is 9.59 Å². The third kappa shape index (κ3) is 2.40. The molecule has 2 heterocycles. The molecule has 2 atom stereocenters. The fourth-order valence-electron chi connectivity index (χ4n) is 4.05. The van der Waals surface area contributed by atoms with Crippen LogP contribution in [0.2, 0.25) is 5.02 Å². The minimum Gasteiger partial charge on any atom is -0.271 e. The fraction of sp³-hybridized carbons (Fsp3) is 0.300. The molecule has 136 valence electrons. The molecule has 0 aromatic heterocycles. The lowest BCUT2D eigenvalue weighted by molar-refractivity contribution is -0.121. The summed E-state index contributed by atoms with van der Waals surface area (Å²) in [5.41, 5.74) is 4.72. The largest absolute Gasteiger partial charge is 0.271 e. The predicted molar refractivity (Wildman–Crippen MR) is 102 cm³/mol. The summed E-state index contributed by atoms with van der Waals surface area (Å²) in [7, 11) is 0. The van der Waals surface area contributed by atoms with Crippen LogP contribution in [-0.4, -0.2) is 23.9 Å². The molecule has 2 amide bonds. The van der Waals surface area contributed by atoms with Gasteiger partial charge in [0.15, 0.2) is 12.1 Å². The van der Waals surface area contributed by atoms with Crippen molar-refractivity contribution >= 4 is 34.8 Å². The molecule has 7 heteroatoms. The maximum absolute atomic E-state index is 13.1. The average Bonchev–Trinajstić information content (AvgIpc) is 3.34. The standard InChI is InChI=1S/C20H17ClN4O2/c1-11-5-7-15(10-16(11)21)25-18-17(22-23-25)19(26)24(20(18)27)14-8-6-12-3-2-4-13(12)9-14/h5-10,17-18H,2-4H2,1H3/t17-,18+/m1/s1. The summed E-state index contributed by atoms with van der Waals surface area (Å²) in [4.78, 5) is 27.3. The topological polar surface area (TPSA) is 65.3 Å².